The predicted octanol–water partition coefficient (Wildman–Crippen LogP) is 0.554. The first kappa shape index (κ1) is 22.9. The van der Waals surface area contributed by atoms with E-state index in [-0.39, 0.29) is 17.3 Å². The second-order valence-corrected chi connectivity index (χ2v) is 9.87. The van der Waals surface area contributed by atoms with Crippen LogP contribution < -0.4 is 15.1 Å². The van der Waals surface area contributed by atoms with Crippen LogP contribution >= 0.6 is 0 Å². The lowest BCUT2D eigenvalue weighted by Crippen LogP contribution is -2.49. The molecule has 0 radical (unpaired) electrons. The van der Waals surface area contributed by atoms with Gasteiger partial charge in [-0.2, -0.15) is 0 Å². The van der Waals surface area contributed by atoms with Crippen molar-refractivity contribution < 1.29 is 13.2 Å². The van der Waals surface area contributed by atoms with Gasteiger partial charge in [-0.15, -0.1) is 0 Å². The minimum atomic E-state index is -3.60. The number of amides is 1. The average Bonchev–Trinajstić information content (AvgIpc) is 2.74. The summed E-state index contributed by atoms with van der Waals surface area (Å²) >= 11 is 0. The molecule has 1 aromatic heterocycles. The van der Waals surface area contributed by atoms with E-state index < -0.39 is 10.0 Å². The normalized spacial score (nSPS) is 15.2. The number of rotatable bonds is 7. The highest BCUT2D eigenvalue weighted by Crippen LogP contribution is 2.28. The zero-order valence-corrected chi connectivity index (χ0v) is 19.1. The Bertz CT molecular complexity index is 1000. The van der Waals surface area contributed by atoms with E-state index in [2.05, 4.69) is 25.1 Å². The Balaban J connectivity index is 1.66. The van der Waals surface area contributed by atoms with Gasteiger partial charge >= 0.3 is 0 Å². The van der Waals surface area contributed by atoms with Crippen LogP contribution in [-0.4, -0.2) is 94.4 Å². The largest absolute Gasteiger partial charge is 0.376 e. The molecule has 1 saturated heterocycles. The maximum absolute atomic E-state index is 12.7. The smallest absolute Gasteiger partial charge is 0.242 e. The highest BCUT2D eigenvalue weighted by molar-refractivity contribution is 7.89. The summed E-state index contributed by atoms with van der Waals surface area (Å²) in [5.74, 6) is 0.507. The number of carbonyl (C=O) groups is 1. The maximum Gasteiger partial charge on any atom is 0.242 e. The van der Waals surface area contributed by atoms with Gasteiger partial charge in [0.15, 0.2) is 0 Å². The molecule has 0 spiro atoms. The van der Waals surface area contributed by atoms with E-state index in [1.807, 2.05) is 19.0 Å². The summed E-state index contributed by atoms with van der Waals surface area (Å²) in [6.07, 6.45) is 3.43. The number of nitrogens with zero attached hydrogens (tertiary/aromatic N) is 6. The zero-order valence-electron chi connectivity index (χ0n) is 18.3. The van der Waals surface area contributed by atoms with E-state index in [4.69, 9.17) is 0 Å². The number of hydrogen-bond donors (Lipinski definition) is 1. The molecule has 2 heterocycles. The second-order valence-electron chi connectivity index (χ2n) is 7.72. The van der Waals surface area contributed by atoms with Crippen molar-refractivity contribution in [1.82, 2.24) is 19.2 Å². The summed E-state index contributed by atoms with van der Waals surface area (Å²) < 4.78 is 26.1. The SMILES string of the molecule is CN(C)c1ccc(S(=O)(=O)N(C)C)cc1NC(=O)CN1CCN(c2ncccn2)CC1. The quantitative estimate of drug-likeness (QED) is 0.657. The first-order chi connectivity index (χ1) is 14.7. The lowest BCUT2D eigenvalue weighted by Gasteiger charge is -2.34. The van der Waals surface area contributed by atoms with Crippen LogP contribution in [0.1, 0.15) is 0 Å². The molecule has 1 aliphatic heterocycles. The molecule has 2 aromatic rings. The van der Waals surface area contributed by atoms with Crippen LogP contribution in [0.25, 0.3) is 0 Å². The number of carbonyl (C=O) groups excluding carboxylic acids is 1. The van der Waals surface area contributed by atoms with Crippen LogP contribution in [0, 0.1) is 0 Å². The standard InChI is InChI=1S/C20H29N7O3S/c1-24(2)18-7-6-16(31(29,30)25(3)4)14-17(18)23-19(28)15-26-10-12-27(13-11-26)20-21-8-5-9-22-20/h5-9,14H,10-13,15H2,1-4H3,(H,23,28). The Morgan fingerprint density at radius 3 is 2.29 bits per heavy atom. The maximum atomic E-state index is 12.7. The van der Waals surface area contributed by atoms with E-state index in [1.165, 1.54) is 20.2 Å². The minimum Gasteiger partial charge on any atom is -0.376 e. The van der Waals surface area contributed by atoms with Gasteiger partial charge in [0.2, 0.25) is 21.9 Å². The van der Waals surface area contributed by atoms with E-state index in [1.54, 1.807) is 30.6 Å². The Hall–Kier alpha value is -2.76. The molecule has 168 valence electrons. The van der Waals surface area contributed by atoms with Gasteiger partial charge in [0.1, 0.15) is 0 Å². The van der Waals surface area contributed by atoms with E-state index in [9.17, 15) is 13.2 Å². The Morgan fingerprint density at radius 1 is 1.06 bits per heavy atom. The van der Waals surface area contributed by atoms with Crippen molar-refractivity contribution >= 4 is 33.3 Å². The van der Waals surface area contributed by atoms with Gasteiger partial charge in [-0.05, 0) is 24.3 Å². The number of aromatic nitrogens is 2. The Kier molecular flexibility index (Phi) is 7.08. The van der Waals surface area contributed by atoms with Crippen molar-refractivity contribution in [3.63, 3.8) is 0 Å². The predicted molar refractivity (Wildman–Crippen MR) is 121 cm³/mol. The molecule has 0 saturated carbocycles. The summed E-state index contributed by atoms with van der Waals surface area (Å²) in [6.45, 7) is 3.11. The lowest BCUT2D eigenvalue weighted by molar-refractivity contribution is -0.117. The molecule has 1 aliphatic rings. The summed E-state index contributed by atoms with van der Waals surface area (Å²) in [7, 11) is 3.04. The second kappa shape index (κ2) is 9.58. The van der Waals surface area contributed by atoms with Crippen molar-refractivity contribution in [2.75, 3.05) is 76.0 Å². The molecule has 1 amide bonds. The Morgan fingerprint density at radius 2 is 1.71 bits per heavy atom. The van der Waals surface area contributed by atoms with Gasteiger partial charge in [0, 0.05) is 66.8 Å². The third-order valence-corrected chi connectivity index (χ3v) is 6.89. The fourth-order valence-electron chi connectivity index (χ4n) is 3.33. The van der Waals surface area contributed by atoms with Crippen LogP contribution in [0.5, 0.6) is 0 Å². The molecule has 11 heteroatoms. The molecule has 31 heavy (non-hydrogen) atoms. The van der Waals surface area contributed by atoms with E-state index in [0.29, 0.717) is 24.7 Å². The summed E-state index contributed by atoms with van der Waals surface area (Å²) in [5.41, 5.74) is 1.20. The Labute approximate surface area is 183 Å². The monoisotopic (exact) mass is 447 g/mol. The number of benzene rings is 1. The number of hydrogen-bond acceptors (Lipinski definition) is 8. The highest BCUT2D eigenvalue weighted by atomic mass is 32.2. The molecule has 10 nitrogen and oxygen atoms in total. The van der Waals surface area contributed by atoms with Crippen molar-refractivity contribution in [3.05, 3.63) is 36.7 Å². The lowest BCUT2D eigenvalue weighted by atomic mass is 10.2. The molecule has 1 aromatic carbocycles. The first-order valence-electron chi connectivity index (χ1n) is 9.96. The summed E-state index contributed by atoms with van der Waals surface area (Å²) in [6, 6.07) is 6.54. The third kappa shape index (κ3) is 5.49. The van der Waals surface area contributed by atoms with Crippen LogP contribution in [0.15, 0.2) is 41.6 Å². The van der Waals surface area contributed by atoms with Crippen LogP contribution in [0.4, 0.5) is 17.3 Å². The van der Waals surface area contributed by atoms with Gasteiger partial charge in [-0.25, -0.2) is 22.7 Å². The van der Waals surface area contributed by atoms with Crippen LogP contribution in [-0.2, 0) is 14.8 Å². The van der Waals surface area contributed by atoms with Gasteiger partial charge < -0.3 is 15.1 Å². The van der Waals surface area contributed by atoms with Crippen molar-refractivity contribution in [2.24, 2.45) is 0 Å². The number of nitrogens with one attached hydrogen (secondary N) is 1. The van der Waals surface area contributed by atoms with E-state index in [0.717, 1.165) is 23.1 Å². The van der Waals surface area contributed by atoms with Gasteiger partial charge in [0.25, 0.3) is 0 Å². The topological polar surface area (TPSA) is 102 Å². The molecule has 3 rings (SSSR count). The van der Waals surface area contributed by atoms with Crippen molar-refractivity contribution in [2.45, 2.75) is 4.90 Å². The summed E-state index contributed by atoms with van der Waals surface area (Å²) in [5, 5.41) is 2.89. The zero-order chi connectivity index (χ0) is 22.6. The molecular weight excluding hydrogens is 418 g/mol. The van der Waals surface area contributed by atoms with Crippen LogP contribution in [0.2, 0.25) is 0 Å². The number of sulfonamides is 1. The first-order valence-corrected chi connectivity index (χ1v) is 11.4. The van der Waals surface area contributed by atoms with Gasteiger partial charge in [-0.1, -0.05) is 0 Å². The van der Waals surface area contributed by atoms with Crippen LogP contribution in [0.3, 0.4) is 0 Å². The molecular formula is C20H29N7O3S. The summed E-state index contributed by atoms with van der Waals surface area (Å²) in [4.78, 5) is 27.4. The van der Waals surface area contributed by atoms with E-state index >= 15 is 0 Å². The van der Waals surface area contributed by atoms with Gasteiger partial charge in [-0.3, -0.25) is 9.69 Å². The molecule has 0 atom stereocenters. The highest BCUT2D eigenvalue weighted by Gasteiger charge is 2.23. The number of anilines is 3. The third-order valence-electron chi connectivity index (χ3n) is 5.08. The molecule has 0 aliphatic carbocycles. The number of piperazine rings is 1. The minimum absolute atomic E-state index is 0.134. The molecule has 0 unspecified atom stereocenters. The average molecular weight is 448 g/mol. The van der Waals surface area contributed by atoms with Crippen molar-refractivity contribution in [3.8, 4) is 0 Å². The van der Waals surface area contributed by atoms with Gasteiger partial charge in [0.05, 0.1) is 22.8 Å². The fourth-order valence-corrected chi connectivity index (χ4v) is 4.26. The van der Waals surface area contributed by atoms with Crippen molar-refractivity contribution in [1.29, 1.82) is 0 Å². The fraction of sp³-hybridized carbons (Fsp3) is 0.450. The molecule has 0 bridgehead atoms. The molecule has 1 N–H and O–H groups in total. The molecule has 1 fully saturated rings.